The summed E-state index contributed by atoms with van der Waals surface area (Å²) in [5.74, 6) is -2.58. The zero-order valence-electron chi connectivity index (χ0n) is 14.9. The first-order valence-electron chi connectivity index (χ1n) is 8.39. The summed E-state index contributed by atoms with van der Waals surface area (Å²) >= 11 is 0. The number of amides is 1. The highest BCUT2D eigenvalue weighted by Gasteiger charge is 2.20. The van der Waals surface area contributed by atoms with E-state index in [9.17, 15) is 18.4 Å². The Hall–Kier alpha value is -3.62. The minimum Gasteiger partial charge on any atom is -0.452 e. The fraction of sp³-hybridized carbons (Fsp3) is 0.158. The number of benzene rings is 1. The van der Waals surface area contributed by atoms with Crippen molar-refractivity contribution >= 4 is 17.6 Å². The SMILES string of the molecule is CCc1c(C(=O)OCC(=O)Nc2cc(F)cc(F)c2)cnn1-c1ccccn1. The third-order valence-electron chi connectivity index (χ3n) is 3.77. The zero-order chi connectivity index (χ0) is 20.1. The minimum atomic E-state index is -0.832. The van der Waals surface area contributed by atoms with Crippen LogP contribution in [0.25, 0.3) is 5.82 Å². The Kier molecular flexibility index (Phi) is 5.73. The van der Waals surface area contributed by atoms with Crippen molar-refractivity contribution in [3.05, 3.63) is 71.7 Å². The van der Waals surface area contributed by atoms with Crippen LogP contribution < -0.4 is 5.32 Å². The molecule has 28 heavy (non-hydrogen) atoms. The molecule has 144 valence electrons. The Morgan fingerprint density at radius 2 is 1.93 bits per heavy atom. The summed E-state index contributed by atoms with van der Waals surface area (Å²) in [6.45, 7) is 1.23. The summed E-state index contributed by atoms with van der Waals surface area (Å²) < 4.78 is 32.8. The third kappa shape index (κ3) is 4.37. The van der Waals surface area contributed by atoms with Crippen molar-refractivity contribution in [1.29, 1.82) is 0 Å². The van der Waals surface area contributed by atoms with E-state index in [0.29, 0.717) is 24.0 Å². The van der Waals surface area contributed by atoms with Crippen molar-refractivity contribution in [1.82, 2.24) is 14.8 Å². The zero-order valence-corrected chi connectivity index (χ0v) is 14.9. The van der Waals surface area contributed by atoms with Crippen LogP contribution in [0.1, 0.15) is 23.0 Å². The molecule has 0 aliphatic carbocycles. The number of hydrogen-bond acceptors (Lipinski definition) is 5. The predicted molar refractivity (Wildman–Crippen MR) is 96.0 cm³/mol. The molecule has 9 heteroatoms. The van der Waals surface area contributed by atoms with Crippen LogP contribution in [-0.4, -0.2) is 33.2 Å². The molecular formula is C19H16F2N4O3. The first kappa shape index (κ1) is 19.2. The fourth-order valence-electron chi connectivity index (χ4n) is 2.59. The number of anilines is 1. The van der Waals surface area contributed by atoms with E-state index in [4.69, 9.17) is 4.74 Å². The molecule has 0 aliphatic rings. The van der Waals surface area contributed by atoms with Crippen LogP contribution in [0, 0.1) is 11.6 Å². The summed E-state index contributed by atoms with van der Waals surface area (Å²) in [6, 6.07) is 7.88. The van der Waals surface area contributed by atoms with Gasteiger partial charge in [-0.25, -0.2) is 23.2 Å². The maximum absolute atomic E-state index is 13.1. The van der Waals surface area contributed by atoms with E-state index in [-0.39, 0.29) is 11.3 Å². The molecule has 0 radical (unpaired) electrons. The highest BCUT2D eigenvalue weighted by atomic mass is 19.1. The standard InChI is InChI=1S/C19H16F2N4O3/c1-2-16-15(10-23-25(16)17-5-3-4-6-22-17)19(27)28-11-18(26)24-14-8-12(20)7-13(21)9-14/h3-10H,2,11H2,1H3,(H,24,26). The smallest absolute Gasteiger partial charge is 0.342 e. The first-order chi connectivity index (χ1) is 13.5. The number of ether oxygens (including phenoxy) is 1. The average Bonchev–Trinajstić information content (AvgIpc) is 3.10. The number of aromatic nitrogens is 3. The van der Waals surface area contributed by atoms with Crippen molar-refractivity contribution in [2.24, 2.45) is 0 Å². The van der Waals surface area contributed by atoms with E-state index in [2.05, 4.69) is 15.4 Å². The molecule has 2 heterocycles. The third-order valence-corrected chi connectivity index (χ3v) is 3.77. The lowest BCUT2D eigenvalue weighted by atomic mass is 10.2. The lowest BCUT2D eigenvalue weighted by Crippen LogP contribution is -2.21. The van der Waals surface area contributed by atoms with Gasteiger partial charge in [-0.05, 0) is 30.7 Å². The van der Waals surface area contributed by atoms with E-state index in [0.717, 1.165) is 12.1 Å². The number of nitrogens with zero attached hydrogens (tertiary/aromatic N) is 3. The number of hydrogen-bond donors (Lipinski definition) is 1. The van der Waals surface area contributed by atoms with Gasteiger partial charge in [0.2, 0.25) is 0 Å². The van der Waals surface area contributed by atoms with Crippen LogP contribution in [0.3, 0.4) is 0 Å². The molecule has 0 spiro atoms. The Morgan fingerprint density at radius 1 is 1.18 bits per heavy atom. The van der Waals surface area contributed by atoms with E-state index in [1.54, 1.807) is 24.4 Å². The van der Waals surface area contributed by atoms with Crippen molar-refractivity contribution in [2.75, 3.05) is 11.9 Å². The Bertz CT molecular complexity index is 985. The van der Waals surface area contributed by atoms with Gasteiger partial charge in [0.15, 0.2) is 12.4 Å². The molecule has 3 aromatic rings. The van der Waals surface area contributed by atoms with Gasteiger partial charge in [0.25, 0.3) is 5.91 Å². The van der Waals surface area contributed by atoms with Crippen molar-refractivity contribution in [3.63, 3.8) is 0 Å². The largest absolute Gasteiger partial charge is 0.452 e. The van der Waals surface area contributed by atoms with E-state index in [1.807, 2.05) is 6.92 Å². The van der Waals surface area contributed by atoms with Crippen molar-refractivity contribution in [2.45, 2.75) is 13.3 Å². The monoisotopic (exact) mass is 386 g/mol. The molecule has 1 amide bonds. The number of carbonyl (C=O) groups is 2. The number of halogens is 2. The lowest BCUT2D eigenvalue weighted by molar-refractivity contribution is -0.119. The van der Waals surface area contributed by atoms with Gasteiger partial charge in [-0.1, -0.05) is 13.0 Å². The summed E-state index contributed by atoms with van der Waals surface area (Å²) in [7, 11) is 0. The maximum Gasteiger partial charge on any atom is 0.342 e. The minimum absolute atomic E-state index is 0.0734. The normalized spacial score (nSPS) is 10.5. The van der Waals surface area contributed by atoms with E-state index >= 15 is 0 Å². The summed E-state index contributed by atoms with van der Waals surface area (Å²) in [4.78, 5) is 28.4. The lowest BCUT2D eigenvalue weighted by Gasteiger charge is -2.08. The number of carbonyl (C=O) groups excluding carboxylic acids is 2. The highest BCUT2D eigenvalue weighted by molar-refractivity contribution is 5.95. The predicted octanol–water partition coefficient (Wildman–Crippen LogP) is 2.90. The van der Waals surface area contributed by atoms with Crippen molar-refractivity contribution < 1.29 is 23.1 Å². The molecule has 2 aromatic heterocycles. The van der Waals surface area contributed by atoms with Gasteiger partial charge in [0.05, 0.1) is 11.9 Å². The van der Waals surface area contributed by atoms with Gasteiger partial charge in [-0.15, -0.1) is 0 Å². The van der Waals surface area contributed by atoms with Gasteiger partial charge in [-0.3, -0.25) is 4.79 Å². The molecule has 0 fully saturated rings. The van der Waals surface area contributed by atoms with Crippen LogP contribution in [-0.2, 0) is 16.0 Å². The Balaban J connectivity index is 1.66. The van der Waals surface area contributed by atoms with E-state index in [1.165, 1.54) is 10.9 Å². The highest BCUT2D eigenvalue weighted by Crippen LogP contribution is 2.16. The van der Waals surface area contributed by atoms with Crippen LogP contribution >= 0.6 is 0 Å². The molecule has 0 atom stereocenters. The summed E-state index contributed by atoms with van der Waals surface area (Å²) in [5, 5.41) is 6.43. The van der Waals surface area contributed by atoms with Crippen molar-refractivity contribution in [3.8, 4) is 5.82 Å². The topological polar surface area (TPSA) is 86.1 Å². The number of pyridine rings is 1. The molecular weight excluding hydrogens is 370 g/mol. The second kappa shape index (κ2) is 8.38. The molecule has 7 nitrogen and oxygen atoms in total. The number of esters is 1. The molecule has 1 aromatic carbocycles. The molecule has 0 saturated heterocycles. The fourth-order valence-corrected chi connectivity index (χ4v) is 2.59. The second-order valence-electron chi connectivity index (χ2n) is 5.74. The second-order valence-corrected chi connectivity index (χ2v) is 5.74. The summed E-state index contributed by atoms with van der Waals surface area (Å²) in [5.41, 5.74) is 0.713. The van der Waals surface area contributed by atoms with Gasteiger partial charge in [0.1, 0.15) is 17.2 Å². The number of nitrogens with one attached hydrogen (secondary N) is 1. The van der Waals surface area contributed by atoms with Gasteiger partial charge in [-0.2, -0.15) is 5.10 Å². The van der Waals surface area contributed by atoms with Crippen LogP contribution in [0.5, 0.6) is 0 Å². The quantitative estimate of drug-likeness (QED) is 0.659. The van der Waals surface area contributed by atoms with Crippen LogP contribution in [0.2, 0.25) is 0 Å². The van der Waals surface area contributed by atoms with E-state index < -0.39 is 30.1 Å². The molecule has 0 unspecified atom stereocenters. The molecule has 0 saturated carbocycles. The molecule has 0 aliphatic heterocycles. The van der Waals surface area contributed by atoms with Crippen LogP contribution in [0.4, 0.5) is 14.5 Å². The first-order valence-corrected chi connectivity index (χ1v) is 8.39. The summed E-state index contributed by atoms with van der Waals surface area (Å²) in [6.07, 6.45) is 3.43. The molecule has 3 rings (SSSR count). The van der Waals surface area contributed by atoms with Gasteiger partial charge in [0, 0.05) is 18.0 Å². The maximum atomic E-state index is 13.1. The van der Waals surface area contributed by atoms with Gasteiger partial charge < -0.3 is 10.1 Å². The number of rotatable bonds is 6. The Labute approximate surface area is 159 Å². The average molecular weight is 386 g/mol. The molecule has 1 N–H and O–H groups in total. The van der Waals surface area contributed by atoms with Crippen LogP contribution in [0.15, 0.2) is 48.8 Å². The van der Waals surface area contributed by atoms with Gasteiger partial charge >= 0.3 is 5.97 Å². The Morgan fingerprint density at radius 3 is 2.57 bits per heavy atom. The molecule has 0 bridgehead atoms.